The summed E-state index contributed by atoms with van der Waals surface area (Å²) in [5, 5.41) is 3.41. The molecule has 0 atom stereocenters. The SMILES string of the molecule is CCOc1cc(/C=C2\C(=O)NC(=O)N(c3cc(Cl)ccc3C)C2=O)cc(Br)c1OCc1ccc(Cl)c(Cl)c1. The number of anilines is 1. The monoisotopic (exact) mass is 636 g/mol. The van der Waals surface area contributed by atoms with Crippen molar-refractivity contribution in [3.05, 3.63) is 90.3 Å². The minimum atomic E-state index is -0.857. The number of hydrogen-bond donors (Lipinski definition) is 1. The number of aryl methyl sites for hydroxylation is 1. The Morgan fingerprint density at radius 2 is 1.74 bits per heavy atom. The van der Waals surface area contributed by atoms with Gasteiger partial charge in [-0.3, -0.25) is 14.9 Å². The van der Waals surface area contributed by atoms with Crippen molar-refractivity contribution < 1.29 is 23.9 Å². The van der Waals surface area contributed by atoms with Crippen LogP contribution < -0.4 is 19.7 Å². The lowest BCUT2D eigenvalue weighted by molar-refractivity contribution is -0.122. The number of carbonyl (C=O) groups excluding carboxylic acids is 3. The summed E-state index contributed by atoms with van der Waals surface area (Å²) >= 11 is 21.7. The Morgan fingerprint density at radius 1 is 0.974 bits per heavy atom. The van der Waals surface area contributed by atoms with Gasteiger partial charge < -0.3 is 9.47 Å². The van der Waals surface area contributed by atoms with Crippen LogP contribution in [-0.2, 0) is 16.2 Å². The second kappa shape index (κ2) is 11.8. The summed E-state index contributed by atoms with van der Waals surface area (Å²) in [6, 6.07) is 12.5. The van der Waals surface area contributed by atoms with E-state index in [-0.39, 0.29) is 17.9 Å². The number of halogens is 4. The second-order valence-electron chi connectivity index (χ2n) is 8.19. The maximum Gasteiger partial charge on any atom is 0.335 e. The number of amides is 4. The summed E-state index contributed by atoms with van der Waals surface area (Å²) in [4.78, 5) is 39.5. The van der Waals surface area contributed by atoms with Gasteiger partial charge in [-0.2, -0.15) is 0 Å². The van der Waals surface area contributed by atoms with Gasteiger partial charge in [-0.1, -0.05) is 46.9 Å². The van der Waals surface area contributed by atoms with E-state index < -0.39 is 17.8 Å². The van der Waals surface area contributed by atoms with Crippen LogP contribution in [0.25, 0.3) is 6.08 Å². The number of urea groups is 1. The molecule has 1 heterocycles. The molecule has 3 aromatic carbocycles. The topological polar surface area (TPSA) is 84.9 Å². The molecule has 0 bridgehead atoms. The quantitative estimate of drug-likeness (QED) is 0.216. The zero-order chi connectivity index (χ0) is 27.6. The molecule has 11 heteroatoms. The second-order valence-corrected chi connectivity index (χ2v) is 10.3. The minimum Gasteiger partial charge on any atom is -0.490 e. The molecule has 0 aliphatic carbocycles. The van der Waals surface area contributed by atoms with E-state index in [4.69, 9.17) is 44.3 Å². The zero-order valence-electron chi connectivity index (χ0n) is 20.1. The Morgan fingerprint density at radius 3 is 2.45 bits per heavy atom. The fraction of sp³-hybridized carbons (Fsp3) is 0.148. The number of rotatable bonds is 7. The van der Waals surface area contributed by atoms with Crippen molar-refractivity contribution in [3.63, 3.8) is 0 Å². The van der Waals surface area contributed by atoms with Gasteiger partial charge in [0.1, 0.15) is 12.2 Å². The van der Waals surface area contributed by atoms with E-state index >= 15 is 0 Å². The van der Waals surface area contributed by atoms with Gasteiger partial charge >= 0.3 is 6.03 Å². The molecule has 0 saturated carbocycles. The molecule has 0 spiro atoms. The predicted octanol–water partition coefficient (Wildman–Crippen LogP) is 7.36. The number of carbonyl (C=O) groups is 3. The minimum absolute atomic E-state index is 0.187. The van der Waals surface area contributed by atoms with Crippen molar-refractivity contribution in [2.75, 3.05) is 11.5 Å². The van der Waals surface area contributed by atoms with Crippen LogP contribution in [0, 0.1) is 6.92 Å². The molecule has 1 fully saturated rings. The first-order valence-electron chi connectivity index (χ1n) is 11.3. The van der Waals surface area contributed by atoms with Gasteiger partial charge in [-0.05, 0) is 88.9 Å². The number of benzene rings is 3. The van der Waals surface area contributed by atoms with E-state index in [0.29, 0.717) is 48.8 Å². The highest BCUT2D eigenvalue weighted by molar-refractivity contribution is 9.10. The molecule has 0 radical (unpaired) electrons. The number of imide groups is 2. The van der Waals surface area contributed by atoms with E-state index in [1.54, 1.807) is 49.4 Å². The Labute approximate surface area is 242 Å². The molecule has 0 aromatic heterocycles. The van der Waals surface area contributed by atoms with Crippen LogP contribution in [0.3, 0.4) is 0 Å². The van der Waals surface area contributed by atoms with Gasteiger partial charge in [-0.25, -0.2) is 9.69 Å². The van der Waals surface area contributed by atoms with Crippen molar-refractivity contribution in [3.8, 4) is 11.5 Å². The van der Waals surface area contributed by atoms with Crippen molar-refractivity contribution in [1.82, 2.24) is 5.32 Å². The summed E-state index contributed by atoms with van der Waals surface area (Å²) in [6.45, 7) is 4.07. The van der Waals surface area contributed by atoms with Crippen LogP contribution in [-0.4, -0.2) is 24.5 Å². The normalized spacial score (nSPS) is 14.6. The smallest absolute Gasteiger partial charge is 0.335 e. The summed E-state index contributed by atoms with van der Waals surface area (Å²) in [6.07, 6.45) is 1.38. The zero-order valence-corrected chi connectivity index (χ0v) is 24.0. The largest absolute Gasteiger partial charge is 0.490 e. The first-order valence-corrected chi connectivity index (χ1v) is 13.2. The van der Waals surface area contributed by atoms with Crippen molar-refractivity contribution in [1.29, 1.82) is 0 Å². The maximum absolute atomic E-state index is 13.3. The molecule has 1 N–H and O–H groups in total. The van der Waals surface area contributed by atoms with Crippen LogP contribution in [0.5, 0.6) is 11.5 Å². The molecule has 1 saturated heterocycles. The third kappa shape index (κ3) is 5.99. The number of ether oxygens (including phenoxy) is 2. The average Bonchev–Trinajstić information content (AvgIpc) is 2.85. The van der Waals surface area contributed by atoms with E-state index in [0.717, 1.165) is 10.5 Å². The molecule has 196 valence electrons. The molecular formula is C27H20BrCl3N2O5. The van der Waals surface area contributed by atoms with Crippen LogP contribution in [0.1, 0.15) is 23.6 Å². The van der Waals surface area contributed by atoms with Crippen molar-refractivity contribution in [2.45, 2.75) is 20.5 Å². The Balaban J connectivity index is 1.67. The number of barbiturate groups is 1. The van der Waals surface area contributed by atoms with Crippen molar-refractivity contribution >= 4 is 80.3 Å². The van der Waals surface area contributed by atoms with Crippen molar-refractivity contribution in [2.24, 2.45) is 0 Å². The molecular weight excluding hydrogens is 619 g/mol. The van der Waals surface area contributed by atoms with E-state index in [1.807, 2.05) is 6.92 Å². The Kier molecular flexibility index (Phi) is 8.67. The average molecular weight is 639 g/mol. The Bertz CT molecular complexity index is 1490. The van der Waals surface area contributed by atoms with E-state index in [9.17, 15) is 14.4 Å². The van der Waals surface area contributed by atoms with Gasteiger partial charge in [0.25, 0.3) is 11.8 Å². The molecule has 0 unspecified atom stereocenters. The maximum atomic E-state index is 13.3. The van der Waals surface area contributed by atoms with Crippen LogP contribution in [0.15, 0.2) is 58.6 Å². The Hall–Kier alpha value is -3.04. The molecule has 7 nitrogen and oxygen atoms in total. The molecule has 1 aliphatic heterocycles. The van der Waals surface area contributed by atoms with Gasteiger partial charge in [0, 0.05) is 5.02 Å². The highest BCUT2D eigenvalue weighted by atomic mass is 79.9. The molecule has 3 aromatic rings. The molecule has 4 amide bonds. The fourth-order valence-electron chi connectivity index (χ4n) is 3.73. The molecule has 4 rings (SSSR count). The number of nitrogens with one attached hydrogen (secondary N) is 1. The highest BCUT2D eigenvalue weighted by Crippen LogP contribution is 2.39. The van der Waals surface area contributed by atoms with Crippen LogP contribution in [0.2, 0.25) is 15.1 Å². The lowest BCUT2D eigenvalue weighted by atomic mass is 10.1. The fourth-order valence-corrected chi connectivity index (χ4v) is 4.79. The molecule has 38 heavy (non-hydrogen) atoms. The summed E-state index contributed by atoms with van der Waals surface area (Å²) in [5.41, 5.74) is 1.95. The first-order chi connectivity index (χ1) is 18.1. The summed E-state index contributed by atoms with van der Waals surface area (Å²) in [5.74, 6) is -0.787. The van der Waals surface area contributed by atoms with E-state index in [2.05, 4.69) is 21.2 Å². The third-order valence-electron chi connectivity index (χ3n) is 5.52. The summed E-state index contributed by atoms with van der Waals surface area (Å²) in [7, 11) is 0. The predicted molar refractivity (Wildman–Crippen MR) is 151 cm³/mol. The van der Waals surface area contributed by atoms with Gasteiger partial charge in [0.2, 0.25) is 0 Å². The number of nitrogens with zero attached hydrogens (tertiary/aromatic N) is 1. The lowest BCUT2D eigenvalue weighted by Crippen LogP contribution is -2.54. The lowest BCUT2D eigenvalue weighted by Gasteiger charge is -2.27. The van der Waals surface area contributed by atoms with Crippen LogP contribution >= 0.6 is 50.7 Å². The van der Waals surface area contributed by atoms with Gasteiger partial charge in [0.15, 0.2) is 11.5 Å². The third-order valence-corrected chi connectivity index (χ3v) is 7.09. The highest BCUT2D eigenvalue weighted by Gasteiger charge is 2.37. The van der Waals surface area contributed by atoms with Crippen LogP contribution in [0.4, 0.5) is 10.5 Å². The molecule has 1 aliphatic rings. The summed E-state index contributed by atoms with van der Waals surface area (Å²) < 4.78 is 12.3. The van der Waals surface area contributed by atoms with Gasteiger partial charge in [-0.15, -0.1) is 0 Å². The van der Waals surface area contributed by atoms with Gasteiger partial charge in [0.05, 0.1) is 26.8 Å². The first kappa shape index (κ1) is 28.0. The number of hydrogen-bond acceptors (Lipinski definition) is 5. The van der Waals surface area contributed by atoms with E-state index in [1.165, 1.54) is 12.1 Å². The standard InChI is InChI=1S/C27H20BrCl3N2O5/c1-3-37-23-11-16(9-19(28)24(23)38-13-15-5-7-20(30)21(31)10-15)8-18-25(34)32-27(36)33(26(18)35)22-12-17(29)6-4-14(22)2/h4-12H,3,13H2,1-2H3,(H,32,34,36)/b18-8+.